The van der Waals surface area contributed by atoms with Crippen LogP contribution in [0.5, 0.6) is 0 Å². The lowest BCUT2D eigenvalue weighted by atomic mass is 9.81. The Morgan fingerprint density at radius 3 is 2.32 bits per heavy atom. The summed E-state index contributed by atoms with van der Waals surface area (Å²) in [7, 11) is 0. The molecule has 0 bridgehead atoms. The van der Waals surface area contributed by atoms with Gasteiger partial charge in [0, 0.05) is 18.7 Å². The molecule has 0 atom stereocenters. The predicted molar refractivity (Wildman–Crippen MR) is 76.5 cm³/mol. The van der Waals surface area contributed by atoms with Crippen LogP contribution in [0.2, 0.25) is 0 Å². The van der Waals surface area contributed by atoms with Gasteiger partial charge in [0.05, 0.1) is 5.92 Å². The second-order valence-corrected chi connectivity index (χ2v) is 5.48. The highest BCUT2D eigenvalue weighted by Gasteiger charge is 2.30. The Morgan fingerprint density at radius 1 is 1.05 bits per heavy atom. The van der Waals surface area contributed by atoms with Crippen molar-refractivity contribution in [1.29, 1.82) is 0 Å². The molecule has 0 N–H and O–H groups in total. The summed E-state index contributed by atoms with van der Waals surface area (Å²) < 4.78 is 0. The molecule has 0 spiro atoms. The van der Waals surface area contributed by atoms with E-state index in [0.717, 1.165) is 24.8 Å². The number of hydrogen-bond acceptors (Lipinski definition) is 2. The number of halogens is 1. The molecule has 102 valence electrons. The van der Waals surface area contributed by atoms with Crippen LogP contribution in [0.3, 0.4) is 0 Å². The molecule has 1 fully saturated rings. The van der Waals surface area contributed by atoms with E-state index in [1.807, 2.05) is 18.2 Å². The fraction of sp³-hybridized carbons (Fsp3) is 0.500. The Labute approximate surface area is 119 Å². The Hall–Kier alpha value is -1.15. The van der Waals surface area contributed by atoms with Gasteiger partial charge in [-0.25, -0.2) is 0 Å². The summed E-state index contributed by atoms with van der Waals surface area (Å²) in [6.45, 7) is 0. The number of aryl methyl sites for hydroxylation is 1. The standard InChI is InChI=1S/C16H19ClO2/c17-10-4-7-12-5-1-2-6-13(12)11-14-15(18)8-3-9-16(14)19/h1-2,5-6,14H,3-4,7-11H2. The van der Waals surface area contributed by atoms with E-state index in [-0.39, 0.29) is 11.6 Å². The van der Waals surface area contributed by atoms with Gasteiger partial charge in [0.15, 0.2) is 0 Å². The molecule has 1 aliphatic carbocycles. The monoisotopic (exact) mass is 278 g/mol. The molecule has 0 saturated heterocycles. The minimum Gasteiger partial charge on any atom is -0.299 e. The van der Waals surface area contributed by atoms with Crippen molar-refractivity contribution < 1.29 is 9.59 Å². The van der Waals surface area contributed by atoms with Crippen molar-refractivity contribution in [2.24, 2.45) is 5.92 Å². The summed E-state index contributed by atoms with van der Waals surface area (Å²) in [5.41, 5.74) is 2.34. The highest BCUT2D eigenvalue weighted by molar-refractivity contribution is 6.17. The SMILES string of the molecule is O=C1CCCC(=O)C1Cc1ccccc1CCCCl. The Morgan fingerprint density at radius 2 is 1.68 bits per heavy atom. The third-order valence-corrected chi connectivity index (χ3v) is 4.01. The zero-order valence-electron chi connectivity index (χ0n) is 11.0. The number of Topliss-reactive ketones (excluding diaryl/α,β-unsaturated/α-hetero) is 2. The minimum atomic E-state index is -0.411. The highest BCUT2D eigenvalue weighted by Crippen LogP contribution is 2.23. The van der Waals surface area contributed by atoms with E-state index in [9.17, 15) is 9.59 Å². The molecule has 0 heterocycles. The van der Waals surface area contributed by atoms with Gasteiger partial charge in [-0.1, -0.05) is 24.3 Å². The molecule has 0 amide bonds. The molecule has 1 aromatic rings. The maximum Gasteiger partial charge on any atom is 0.143 e. The molecule has 19 heavy (non-hydrogen) atoms. The Balaban J connectivity index is 2.13. The van der Waals surface area contributed by atoms with Crippen LogP contribution in [0, 0.1) is 5.92 Å². The fourth-order valence-electron chi connectivity index (χ4n) is 2.67. The van der Waals surface area contributed by atoms with Gasteiger partial charge in [-0.05, 0) is 36.8 Å². The van der Waals surface area contributed by atoms with Crippen LogP contribution in [0.15, 0.2) is 24.3 Å². The van der Waals surface area contributed by atoms with E-state index in [1.54, 1.807) is 0 Å². The number of alkyl halides is 1. The van der Waals surface area contributed by atoms with E-state index in [0.29, 0.717) is 25.1 Å². The Bertz CT molecular complexity index is 452. The van der Waals surface area contributed by atoms with Crippen molar-refractivity contribution in [3.05, 3.63) is 35.4 Å². The van der Waals surface area contributed by atoms with Crippen molar-refractivity contribution in [2.45, 2.75) is 38.5 Å². The van der Waals surface area contributed by atoms with E-state index < -0.39 is 5.92 Å². The molecular weight excluding hydrogens is 260 g/mol. The van der Waals surface area contributed by atoms with Crippen molar-refractivity contribution in [2.75, 3.05) is 5.88 Å². The van der Waals surface area contributed by atoms with Crippen molar-refractivity contribution in [1.82, 2.24) is 0 Å². The van der Waals surface area contributed by atoms with Crippen LogP contribution in [0.1, 0.15) is 36.8 Å². The number of rotatable bonds is 5. The van der Waals surface area contributed by atoms with E-state index in [2.05, 4.69) is 6.07 Å². The Kier molecular flexibility index (Phi) is 5.15. The first-order chi connectivity index (χ1) is 9.22. The van der Waals surface area contributed by atoms with Crippen molar-refractivity contribution in [3.8, 4) is 0 Å². The molecule has 1 aliphatic rings. The smallest absolute Gasteiger partial charge is 0.143 e. The first-order valence-electron chi connectivity index (χ1n) is 6.90. The van der Waals surface area contributed by atoms with Gasteiger partial charge in [-0.2, -0.15) is 0 Å². The average molecular weight is 279 g/mol. The van der Waals surface area contributed by atoms with E-state index >= 15 is 0 Å². The second kappa shape index (κ2) is 6.85. The van der Waals surface area contributed by atoms with Crippen LogP contribution >= 0.6 is 11.6 Å². The van der Waals surface area contributed by atoms with Crippen LogP contribution in [0.4, 0.5) is 0 Å². The molecule has 2 rings (SSSR count). The maximum atomic E-state index is 11.9. The number of benzene rings is 1. The molecule has 3 heteroatoms. The molecule has 2 nitrogen and oxygen atoms in total. The van der Waals surface area contributed by atoms with Gasteiger partial charge >= 0.3 is 0 Å². The van der Waals surface area contributed by atoms with Gasteiger partial charge < -0.3 is 0 Å². The van der Waals surface area contributed by atoms with Crippen LogP contribution in [0.25, 0.3) is 0 Å². The molecule has 0 unspecified atom stereocenters. The summed E-state index contributed by atoms with van der Waals surface area (Å²) in [6, 6.07) is 8.06. The molecule has 0 aliphatic heterocycles. The molecular formula is C16H19ClO2. The summed E-state index contributed by atoms with van der Waals surface area (Å²) >= 11 is 5.73. The normalized spacial score (nSPS) is 16.9. The number of carbonyl (C=O) groups excluding carboxylic acids is 2. The fourth-order valence-corrected chi connectivity index (χ4v) is 2.80. The lowest BCUT2D eigenvalue weighted by Gasteiger charge is -2.20. The summed E-state index contributed by atoms with van der Waals surface area (Å²) in [4.78, 5) is 23.8. The lowest BCUT2D eigenvalue weighted by molar-refractivity contribution is -0.135. The zero-order valence-corrected chi connectivity index (χ0v) is 11.8. The lowest BCUT2D eigenvalue weighted by Crippen LogP contribution is -2.30. The summed E-state index contributed by atoms with van der Waals surface area (Å²) in [6.07, 6.45) is 4.23. The second-order valence-electron chi connectivity index (χ2n) is 5.10. The van der Waals surface area contributed by atoms with Crippen LogP contribution in [-0.4, -0.2) is 17.4 Å². The van der Waals surface area contributed by atoms with Crippen LogP contribution < -0.4 is 0 Å². The van der Waals surface area contributed by atoms with E-state index in [1.165, 1.54) is 5.56 Å². The maximum absolute atomic E-state index is 11.9. The van der Waals surface area contributed by atoms with Crippen molar-refractivity contribution >= 4 is 23.2 Å². The number of carbonyl (C=O) groups is 2. The molecule has 0 radical (unpaired) electrons. The number of hydrogen-bond donors (Lipinski definition) is 0. The topological polar surface area (TPSA) is 34.1 Å². The minimum absolute atomic E-state index is 0.114. The quantitative estimate of drug-likeness (QED) is 0.611. The van der Waals surface area contributed by atoms with Gasteiger partial charge in [0.2, 0.25) is 0 Å². The highest BCUT2D eigenvalue weighted by atomic mass is 35.5. The summed E-state index contributed by atoms with van der Waals surface area (Å²) in [5, 5.41) is 0. The third-order valence-electron chi connectivity index (χ3n) is 3.75. The van der Waals surface area contributed by atoms with Gasteiger partial charge in [-0.15, -0.1) is 11.6 Å². The molecule has 1 saturated carbocycles. The summed E-state index contributed by atoms with van der Waals surface area (Å²) in [5.74, 6) is 0.452. The van der Waals surface area contributed by atoms with E-state index in [4.69, 9.17) is 11.6 Å². The largest absolute Gasteiger partial charge is 0.299 e. The first-order valence-corrected chi connectivity index (χ1v) is 7.44. The average Bonchev–Trinajstić information content (AvgIpc) is 2.42. The predicted octanol–water partition coefficient (Wildman–Crippen LogP) is 3.34. The zero-order chi connectivity index (χ0) is 13.7. The van der Waals surface area contributed by atoms with Crippen LogP contribution in [-0.2, 0) is 22.4 Å². The first kappa shape index (κ1) is 14.3. The molecule has 0 aromatic heterocycles. The number of ketones is 2. The van der Waals surface area contributed by atoms with Gasteiger partial charge in [-0.3, -0.25) is 9.59 Å². The van der Waals surface area contributed by atoms with Gasteiger partial charge in [0.1, 0.15) is 11.6 Å². The van der Waals surface area contributed by atoms with Crippen molar-refractivity contribution in [3.63, 3.8) is 0 Å². The van der Waals surface area contributed by atoms with Gasteiger partial charge in [0.25, 0.3) is 0 Å². The molecule has 1 aromatic carbocycles. The third kappa shape index (κ3) is 3.66.